The molecule has 1 saturated carbocycles. The van der Waals surface area contributed by atoms with Crippen molar-refractivity contribution in [3.8, 4) is 0 Å². The molecule has 7 nitrogen and oxygen atoms in total. The Bertz CT molecular complexity index is 362. The van der Waals surface area contributed by atoms with Crippen LogP contribution in [0.5, 0.6) is 0 Å². The highest BCUT2D eigenvalue weighted by atomic mass is 16.7. The molecule has 0 radical (unpaired) electrons. The maximum absolute atomic E-state index is 11.8. The Labute approximate surface area is 111 Å². The third-order valence-corrected chi connectivity index (χ3v) is 4.07. The van der Waals surface area contributed by atoms with Crippen molar-refractivity contribution in [1.82, 2.24) is 10.4 Å². The summed E-state index contributed by atoms with van der Waals surface area (Å²) in [4.78, 5) is 28.2. The number of amides is 2. The Morgan fingerprint density at radius 1 is 1.37 bits per heavy atom. The number of hydrogen-bond donors (Lipinski definition) is 3. The van der Waals surface area contributed by atoms with Crippen molar-refractivity contribution in [2.75, 3.05) is 19.7 Å². The molecule has 2 aliphatic rings. The third kappa shape index (κ3) is 3.36. The minimum absolute atomic E-state index is 0.111. The van der Waals surface area contributed by atoms with Gasteiger partial charge in [-0.15, -0.1) is 0 Å². The number of fused-ring (bicyclic) bond motifs is 1. The monoisotopic (exact) mass is 272 g/mol. The molecule has 0 aromatic rings. The molecule has 0 aromatic heterocycles. The van der Waals surface area contributed by atoms with Crippen molar-refractivity contribution in [2.24, 2.45) is 5.92 Å². The zero-order valence-corrected chi connectivity index (χ0v) is 10.8. The molecule has 2 fully saturated rings. The molecule has 0 bridgehead atoms. The van der Waals surface area contributed by atoms with E-state index in [0.29, 0.717) is 19.5 Å². The van der Waals surface area contributed by atoms with Crippen LogP contribution in [0.3, 0.4) is 0 Å². The van der Waals surface area contributed by atoms with Gasteiger partial charge >= 0.3 is 12.0 Å². The van der Waals surface area contributed by atoms with Crippen molar-refractivity contribution in [3.05, 3.63) is 0 Å². The molecule has 2 unspecified atom stereocenters. The summed E-state index contributed by atoms with van der Waals surface area (Å²) < 4.78 is 0. The molecular formula is C12H20N2O5. The summed E-state index contributed by atoms with van der Waals surface area (Å²) in [5.74, 6) is -1.03. The van der Waals surface area contributed by atoms with Gasteiger partial charge in [0.1, 0.15) is 0 Å². The normalized spacial score (nSPS) is 30.6. The van der Waals surface area contributed by atoms with Crippen molar-refractivity contribution in [3.63, 3.8) is 0 Å². The van der Waals surface area contributed by atoms with Crippen LogP contribution < -0.4 is 5.48 Å². The molecule has 2 atom stereocenters. The molecule has 1 aliphatic carbocycles. The van der Waals surface area contributed by atoms with Crippen LogP contribution in [-0.4, -0.2) is 52.4 Å². The van der Waals surface area contributed by atoms with E-state index in [1.165, 1.54) is 0 Å². The lowest BCUT2D eigenvalue weighted by molar-refractivity contribution is -0.144. The quantitative estimate of drug-likeness (QED) is 0.643. The molecule has 1 aliphatic heterocycles. The first kappa shape index (κ1) is 14.1. The van der Waals surface area contributed by atoms with Gasteiger partial charge in [0.25, 0.3) is 0 Å². The van der Waals surface area contributed by atoms with E-state index in [1.54, 1.807) is 4.90 Å². The smallest absolute Gasteiger partial charge is 0.341 e. The molecule has 7 heteroatoms. The highest BCUT2D eigenvalue weighted by molar-refractivity contribution is 5.74. The Morgan fingerprint density at radius 2 is 2.16 bits per heavy atom. The molecular weight excluding hydrogens is 252 g/mol. The van der Waals surface area contributed by atoms with E-state index >= 15 is 0 Å². The van der Waals surface area contributed by atoms with Crippen LogP contribution in [0.4, 0.5) is 4.79 Å². The molecule has 1 saturated heterocycles. The van der Waals surface area contributed by atoms with Crippen LogP contribution in [0.15, 0.2) is 0 Å². The largest absolute Gasteiger partial charge is 0.479 e. The van der Waals surface area contributed by atoms with Gasteiger partial charge in [-0.1, -0.05) is 12.8 Å². The molecule has 0 aromatic carbocycles. The second-order valence-electron chi connectivity index (χ2n) is 5.33. The van der Waals surface area contributed by atoms with E-state index < -0.39 is 24.2 Å². The number of rotatable bonds is 3. The molecule has 1 heterocycles. The second kappa shape index (κ2) is 5.75. The predicted octanol–water partition coefficient (Wildman–Crippen LogP) is 0.339. The van der Waals surface area contributed by atoms with Gasteiger partial charge in [0, 0.05) is 19.0 Å². The average Bonchev–Trinajstić information content (AvgIpc) is 2.37. The Morgan fingerprint density at radius 3 is 2.89 bits per heavy atom. The van der Waals surface area contributed by atoms with Crippen molar-refractivity contribution in [1.29, 1.82) is 0 Å². The number of carboxylic acids is 1. The topological polar surface area (TPSA) is 99.1 Å². The van der Waals surface area contributed by atoms with Gasteiger partial charge in [-0.3, -0.25) is 4.84 Å². The number of nitrogens with zero attached hydrogens (tertiary/aromatic N) is 1. The first-order chi connectivity index (χ1) is 9.01. The number of aliphatic carboxylic acids is 1. The molecule has 3 N–H and O–H groups in total. The zero-order chi connectivity index (χ0) is 13.9. The molecule has 2 rings (SSSR count). The van der Waals surface area contributed by atoms with E-state index in [1.807, 2.05) is 0 Å². The van der Waals surface area contributed by atoms with E-state index in [2.05, 4.69) is 10.3 Å². The van der Waals surface area contributed by atoms with Crippen LogP contribution in [-0.2, 0) is 9.63 Å². The van der Waals surface area contributed by atoms with Crippen LogP contribution in [0.25, 0.3) is 0 Å². The lowest BCUT2D eigenvalue weighted by atomic mass is 9.71. The summed E-state index contributed by atoms with van der Waals surface area (Å²) in [7, 11) is 0. The summed E-state index contributed by atoms with van der Waals surface area (Å²) in [6.45, 7) is 0.404. The number of aliphatic hydroxyl groups is 1. The van der Waals surface area contributed by atoms with Gasteiger partial charge in [0.2, 0.25) is 0 Å². The summed E-state index contributed by atoms with van der Waals surface area (Å²) in [5, 5.41) is 18.9. The van der Waals surface area contributed by atoms with Crippen molar-refractivity contribution in [2.45, 2.75) is 37.7 Å². The number of carboxylic acid groups (broad SMARTS) is 1. The fourth-order valence-corrected chi connectivity index (χ4v) is 2.98. The minimum Gasteiger partial charge on any atom is -0.479 e. The SMILES string of the molecule is O=C(O)CONC(=O)N1CCC2(O)CCCCC2C1. The molecule has 108 valence electrons. The number of nitrogens with one attached hydrogen (secondary N) is 1. The van der Waals surface area contributed by atoms with Crippen LogP contribution >= 0.6 is 0 Å². The standard InChI is InChI=1S/C12H20N2O5/c15-10(16)8-19-13-11(17)14-6-5-12(18)4-2-1-3-9(12)7-14/h9,18H,1-8H2,(H,13,17)(H,15,16). The molecule has 19 heavy (non-hydrogen) atoms. The maximum Gasteiger partial charge on any atom is 0.341 e. The number of carbonyl (C=O) groups excluding carboxylic acids is 1. The number of carbonyl (C=O) groups is 2. The van der Waals surface area contributed by atoms with Gasteiger partial charge in [0.05, 0.1) is 5.60 Å². The van der Waals surface area contributed by atoms with E-state index in [0.717, 1.165) is 25.7 Å². The molecule has 2 amide bonds. The number of hydroxylamine groups is 1. The van der Waals surface area contributed by atoms with E-state index in [4.69, 9.17) is 5.11 Å². The van der Waals surface area contributed by atoms with Crippen molar-refractivity contribution < 1.29 is 24.6 Å². The summed E-state index contributed by atoms with van der Waals surface area (Å²) in [5.41, 5.74) is 1.49. The van der Waals surface area contributed by atoms with Gasteiger partial charge in [-0.05, 0) is 19.3 Å². The zero-order valence-electron chi connectivity index (χ0n) is 10.8. The molecule has 0 spiro atoms. The predicted molar refractivity (Wildman–Crippen MR) is 65.2 cm³/mol. The highest BCUT2D eigenvalue weighted by Crippen LogP contribution is 2.39. The Balaban J connectivity index is 1.83. The van der Waals surface area contributed by atoms with Gasteiger partial charge in [-0.25, -0.2) is 15.1 Å². The summed E-state index contributed by atoms with van der Waals surface area (Å²) in [6.07, 6.45) is 4.43. The number of piperidine rings is 1. The number of hydrogen-bond acceptors (Lipinski definition) is 4. The lowest BCUT2D eigenvalue weighted by Gasteiger charge is -2.47. The second-order valence-corrected chi connectivity index (χ2v) is 5.33. The fourth-order valence-electron chi connectivity index (χ4n) is 2.98. The van der Waals surface area contributed by atoms with Gasteiger partial charge < -0.3 is 15.1 Å². The first-order valence-corrected chi connectivity index (χ1v) is 6.62. The van der Waals surface area contributed by atoms with Crippen LogP contribution in [0.2, 0.25) is 0 Å². The average molecular weight is 272 g/mol. The van der Waals surface area contributed by atoms with E-state index in [-0.39, 0.29) is 5.92 Å². The van der Waals surface area contributed by atoms with Crippen molar-refractivity contribution >= 4 is 12.0 Å². The van der Waals surface area contributed by atoms with Crippen LogP contribution in [0.1, 0.15) is 32.1 Å². The minimum atomic E-state index is -1.14. The summed E-state index contributed by atoms with van der Waals surface area (Å²) >= 11 is 0. The third-order valence-electron chi connectivity index (χ3n) is 4.07. The highest BCUT2D eigenvalue weighted by Gasteiger charge is 2.43. The van der Waals surface area contributed by atoms with Gasteiger partial charge in [0.15, 0.2) is 6.61 Å². The summed E-state index contributed by atoms with van der Waals surface area (Å²) in [6, 6.07) is -0.436. The van der Waals surface area contributed by atoms with E-state index in [9.17, 15) is 14.7 Å². The number of likely N-dealkylation sites (tertiary alicyclic amines) is 1. The first-order valence-electron chi connectivity index (χ1n) is 6.62. The van der Waals surface area contributed by atoms with Crippen LogP contribution in [0, 0.1) is 5.92 Å². The fraction of sp³-hybridized carbons (Fsp3) is 0.833. The Hall–Kier alpha value is -1.34. The Kier molecular flexibility index (Phi) is 4.26. The van der Waals surface area contributed by atoms with Gasteiger partial charge in [-0.2, -0.15) is 0 Å². The number of urea groups is 1. The lowest BCUT2D eigenvalue weighted by Crippen LogP contribution is -2.56. The maximum atomic E-state index is 11.8.